The highest BCUT2D eigenvalue weighted by atomic mass is 32.2. The predicted octanol–water partition coefficient (Wildman–Crippen LogP) is 4.44. The number of carbonyl (C=O) groups is 1. The van der Waals surface area contributed by atoms with E-state index in [-0.39, 0.29) is 17.7 Å². The minimum Gasteiger partial charge on any atom is -0.495 e. The van der Waals surface area contributed by atoms with E-state index in [2.05, 4.69) is 53.6 Å². The molecule has 1 N–H and O–H groups in total. The summed E-state index contributed by atoms with van der Waals surface area (Å²) >= 11 is 1.34. The SMILES string of the molecule is COc1ccccc1-n1cnnc1SCC(=O)N[C@H](C)c1ccc(CC(C)C)cc1. The van der Waals surface area contributed by atoms with Crippen LogP contribution in [0.25, 0.3) is 5.69 Å². The highest BCUT2D eigenvalue weighted by Gasteiger charge is 2.15. The average Bonchev–Trinajstić information content (AvgIpc) is 3.20. The number of hydrogen-bond donors (Lipinski definition) is 1. The third-order valence-electron chi connectivity index (χ3n) is 4.69. The lowest BCUT2D eigenvalue weighted by molar-refractivity contribution is -0.119. The number of benzene rings is 2. The van der Waals surface area contributed by atoms with Gasteiger partial charge in [-0.3, -0.25) is 9.36 Å². The number of nitrogens with one attached hydrogen (secondary N) is 1. The summed E-state index contributed by atoms with van der Waals surface area (Å²) in [6.07, 6.45) is 2.68. The Morgan fingerprint density at radius 1 is 1.13 bits per heavy atom. The van der Waals surface area contributed by atoms with E-state index in [1.54, 1.807) is 13.4 Å². The van der Waals surface area contributed by atoms with Crippen LogP contribution in [-0.2, 0) is 11.2 Å². The van der Waals surface area contributed by atoms with Crippen molar-refractivity contribution in [3.05, 3.63) is 66.0 Å². The van der Waals surface area contributed by atoms with E-state index in [4.69, 9.17) is 4.74 Å². The first-order valence-corrected chi connectivity index (χ1v) is 11.0. The highest BCUT2D eigenvalue weighted by Crippen LogP contribution is 2.26. The third-order valence-corrected chi connectivity index (χ3v) is 5.64. The summed E-state index contributed by atoms with van der Waals surface area (Å²) in [5, 5.41) is 11.8. The second-order valence-electron chi connectivity index (χ2n) is 7.57. The van der Waals surface area contributed by atoms with Crippen molar-refractivity contribution in [1.82, 2.24) is 20.1 Å². The Kier molecular flexibility index (Phi) is 7.52. The van der Waals surface area contributed by atoms with Crippen molar-refractivity contribution in [2.24, 2.45) is 5.92 Å². The maximum atomic E-state index is 12.5. The number of carbonyl (C=O) groups excluding carboxylic acids is 1. The summed E-state index contributed by atoms with van der Waals surface area (Å²) in [5.41, 5.74) is 3.25. The Balaban J connectivity index is 1.58. The summed E-state index contributed by atoms with van der Waals surface area (Å²) in [4.78, 5) is 12.5. The lowest BCUT2D eigenvalue weighted by Crippen LogP contribution is -2.28. The Morgan fingerprint density at radius 3 is 2.57 bits per heavy atom. The number of methoxy groups -OCH3 is 1. The molecule has 1 aromatic heterocycles. The standard InChI is InChI=1S/C23H28N4O2S/c1-16(2)13-18-9-11-19(12-10-18)17(3)25-22(28)14-30-23-26-24-15-27(23)20-7-5-6-8-21(20)29-4/h5-12,15-17H,13-14H2,1-4H3,(H,25,28)/t17-/m1/s1. The van der Waals surface area contributed by atoms with E-state index in [0.717, 1.165) is 23.4 Å². The number of hydrogen-bond acceptors (Lipinski definition) is 5. The molecule has 0 unspecified atom stereocenters. The Labute approximate surface area is 182 Å². The molecule has 0 aliphatic carbocycles. The molecule has 1 atom stereocenters. The number of thioether (sulfide) groups is 1. The Hall–Kier alpha value is -2.80. The number of para-hydroxylation sites is 2. The molecule has 2 aromatic carbocycles. The van der Waals surface area contributed by atoms with Gasteiger partial charge in [-0.25, -0.2) is 0 Å². The maximum Gasteiger partial charge on any atom is 0.230 e. The molecule has 1 heterocycles. The van der Waals surface area contributed by atoms with Gasteiger partial charge in [0.1, 0.15) is 12.1 Å². The van der Waals surface area contributed by atoms with E-state index in [9.17, 15) is 4.79 Å². The second-order valence-corrected chi connectivity index (χ2v) is 8.52. The molecule has 158 valence electrons. The molecule has 0 radical (unpaired) electrons. The van der Waals surface area contributed by atoms with Crippen molar-refractivity contribution < 1.29 is 9.53 Å². The monoisotopic (exact) mass is 424 g/mol. The molecule has 0 aliphatic rings. The van der Waals surface area contributed by atoms with Crippen LogP contribution >= 0.6 is 11.8 Å². The summed E-state index contributed by atoms with van der Waals surface area (Å²) in [6, 6.07) is 16.0. The minimum atomic E-state index is -0.0571. The largest absolute Gasteiger partial charge is 0.495 e. The summed E-state index contributed by atoms with van der Waals surface area (Å²) in [7, 11) is 1.63. The topological polar surface area (TPSA) is 69.0 Å². The zero-order chi connectivity index (χ0) is 21.5. The van der Waals surface area contributed by atoms with Gasteiger partial charge >= 0.3 is 0 Å². The lowest BCUT2D eigenvalue weighted by atomic mass is 10.00. The van der Waals surface area contributed by atoms with Gasteiger partial charge in [-0.1, -0.05) is 62.0 Å². The van der Waals surface area contributed by atoms with Crippen molar-refractivity contribution in [2.45, 2.75) is 38.4 Å². The number of nitrogens with zero attached hydrogens (tertiary/aromatic N) is 3. The van der Waals surface area contributed by atoms with Crippen molar-refractivity contribution >= 4 is 17.7 Å². The highest BCUT2D eigenvalue weighted by molar-refractivity contribution is 7.99. The molecule has 0 fully saturated rings. The van der Waals surface area contributed by atoms with Crippen LogP contribution in [0.15, 0.2) is 60.0 Å². The molecule has 3 rings (SSSR count). The fourth-order valence-corrected chi connectivity index (χ4v) is 3.96. The summed E-state index contributed by atoms with van der Waals surface area (Å²) in [5.74, 6) is 1.55. The van der Waals surface area contributed by atoms with Crippen LogP contribution in [0.1, 0.15) is 37.9 Å². The summed E-state index contributed by atoms with van der Waals surface area (Å²) in [6.45, 7) is 6.42. The Morgan fingerprint density at radius 2 is 1.87 bits per heavy atom. The zero-order valence-electron chi connectivity index (χ0n) is 17.8. The van der Waals surface area contributed by atoms with Gasteiger partial charge < -0.3 is 10.1 Å². The van der Waals surface area contributed by atoms with Crippen LogP contribution in [0, 0.1) is 5.92 Å². The van der Waals surface area contributed by atoms with Gasteiger partial charge in [0.25, 0.3) is 0 Å². The van der Waals surface area contributed by atoms with E-state index < -0.39 is 0 Å². The lowest BCUT2D eigenvalue weighted by Gasteiger charge is -2.15. The first-order chi connectivity index (χ1) is 14.5. The van der Waals surface area contributed by atoms with Gasteiger partial charge in [0.05, 0.1) is 24.6 Å². The van der Waals surface area contributed by atoms with Crippen LogP contribution in [0.4, 0.5) is 0 Å². The number of aromatic nitrogens is 3. The number of ether oxygens (including phenoxy) is 1. The van der Waals surface area contributed by atoms with Crippen LogP contribution in [0.3, 0.4) is 0 Å². The zero-order valence-corrected chi connectivity index (χ0v) is 18.6. The minimum absolute atomic E-state index is 0.0478. The van der Waals surface area contributed by atoms with E-state index >= 15 is 0 Å². The molecule has 7 heteroatoms. The fraction of sp³-hybridized carbons (Fsp3) is 0.348. The molecule has 30 heavy (non-hydrogen) atoms. The molecule has 0 bridgehead atoms. The van der Waals surface area contributed by atoms with Gasteiger partial charge in [-0.05, 0) is 42.5 Å². The fourth-order valence-electron chi connectivity index (χ4n) is 3.23. The van der Waals surface area contributed by atoms with Gasteiger partial charge in [0, 0.05) is 0 Å². The van der Waals surface area contributed by atoms with Crippen LogP contribution in [0.5, 0.6) is 5.75 Å². The average molecular weight is 425 g/mol. The third kappa shape index (κ3) is 5.63. The first-order valence-electron chi connectivity index (χ1n) is 10.0. The number of amides is 1. The van der Waals surface area contributed by atoms with Gasteiger partial charge in [0.2, 0.25) is 5.91 Å². The predicted molar refractivity (Wildman–Crippen MR) is 120 cm³/mol. The van der Waals surface area contributed by atoms with Gasteiger partial charge in [-0.15, -0.1) is 10.2 Å². The molecule has 1 amide bonds. The molecule has 6 nitrogen and oxygen atoms in total. The maximum absolute atomic E-state index is 12.5. The summed E-state index contributed by atoms with van der Waals surface area (Å²) < 4.78 is 7.24. The smallest absolute Gasteiger partial charge is 0.230 e. The molecule has 0 aliphatic heterocycles. The molecule has 0 spiro atoms. The molecule has 3 aromatic rings. The first kappa shape index (κ1) is 21.9. The second kappa shape index (κ2) is 10.3. The number of rotatable bonds is 9. The van der Waals surface area contributed by atoms with E-state index in [0.29, 0.717) is 11.1 Å². The Bertz CT molecular complexity index is 969. The van der Waals surface area contributed by atoms with E-state index in [1.807, 2.05) is 35.8 Å². The quantitative estimate of drug-likeness (QED) is 0.514. The normalized spacial score (nSPS) is 12.0. The van der Waals surface area contributed by atoms with Crippen molar-refractivity contribution in [1.29, 1.82) is 0 Å². The van der Waals surface area contributed by atoms with Crippen LogP contribution < -0.4 is 10.1 Å². The van der Waals surface area contributed by atoms with E-state index in [1.165, 1.54) is 17.3 Å². The van der Waals surface area contributed by atoms with Gasteiger partial charge in [-0.2, -0.15) is 0 Å². The molecule has 0 saturated heterocycles. The van der Waals surface area contributed by atoms with Crippen molar-refractivity contribution in [2.75, 3.05) is 12.9 Å². The molecular formula is C23H28N4O2S. The van der Waals surface area contributed by atoms with Gasteiger partial charge in [0.15, 0.2) is 5.16 Å². The van der Waals surface area contributed by atoms with Crippen LogP contribution in [0.2, 0.25) is 0 Å². The van der Waals surface area contributed by atoms with Crippen molar-refractivity contribution in [3.63, 3.8) is 0 Å². The molecule has 0 saturated carbocycles. The van der Waals surface area contributed by atoms with Crippen LogP contribution in [-0.4, -0.2) is 33.5 Å². The van der Waals surface area contributed by atoms with Crippen molar-refractivity contribution in [3.8, 4) is 11.4 Å². The molecular weight excluding hydrogens is 396 g/mol.